The number of hydrogen-bond donors (Lipinski definition) is 1. The van der Waals surface area contributed by atoms with Gasteiger partial charge in [0.2, 0.25) is 0 Å². The molecule has 0 aromatic heterocycles. The summed E-state index contributed by atoms with van der Waals surface area (Å²) in [5.41, 5.74) is 1.46. The first-order chi connectivity index (χ1) is 10.1. The van der Waals surface area contributed by atoms with Crippen molar-refractivity contribution in [1.29, 1.82) is 0 Å². The average Bonchev–Trinajstić information content (AvgIpc) is 2.49. The van der Waals surface area contributed by atoms with Crippen molar-refractivity contribution in [2.24, 2.45) is 11.8 Å². The first kappa shape index (κ1) is 14.4. The summed E-state index contributed by atoms with van der Waals surface area (Å²) in [4.78, 5) is 14.3. The van der Waals surface area contributed by atoms with Gasteiger partial charge in [0.15, 0.2) is 0 Å². The number of hydrogen-bond acceptors (Lipinski definition) is 1. The lowest BCUT2D eigenvalue weighted by molar-refractivity contribution is 0.108. The van der Waals surface area contributed by atoms with E-state index >= 15 is 0 Å². The van der Waals surface area contributed by atoms with Gasteiger partial charge in [-0.1, -0.05) is 19.3 Å². The summed E-state index contributed by atoms with van der Waals surface area (Å²) in [6.45, 7) is 3.52. The minimum Gasteiger partial charge on any atom is -0.324 e. The van der Waals surface area contributed by atoms with Gasteiger partial charge >= 0.3 is 6.03 Å². The molecule has 2 amide bonds. The van der Waals surface area contributed by atoms with Gasteiger partial charge in [-0.3, -0.25) is 0 Å². The number of anilines is 1. The molecule has 1 saturated carbocycles. The lowest BCUT2D eigenvalue weighted by Crippen LogP contribution is -2.46. The second kappa shape index (κ2) is 6.04. The lowest BCUT2D eigenvalue weighted by Gasteiger charge is -2.41. The molecule has 1 aromatic rings. The third-order valence-corrected chi connectivity index (χ3v) is 5.01. The van der Waals surface area contributed by atoms with Crippen LogP contribution >= 0.6 is 0 Å². The van der Waals surface area contributed by atoms with E-state index in [9.17, 15) is 9.18 Å². The molecule has 0 spiro atoms. The van der Waals surface area contributed by atoms with Gasteiger partial charge in [0.1, 0.15) is 5.82 Å². The van der Waals surface area contributed by atoms with Crippen molar-refractivity contribution in [2.75, 3.05) is 18.4 Å². The van der Waals surface area contributed by atoms with Gasteiger partial charge in [-0.2, -0.15) is 0 Å². The van der Waals surface area contributed by atoms with Gasteiger partial charge in [0, 0.05) is 18.8 Å². The van der Waals surface area contributed by atoms with E-state index < -0.39 is 0 Å². The van der Waals surface area contributed by atoms with Crippen molar-refractivity contribution in [1.82, 2.24) is 4.90 Å². The van der Waals surface area contributed by atoms with Crippen LogP contribution in [0, 0.1) is 24.6 Å². The van der Waals surface area contributed by atoms with E-state index in [4.69, 9.17) is 0 Å². The highest BCUT2D eigenvalue weighted by Gasteiger charge is 2.32. The van der Waals surface area contributed by atoms with Gasteiger partial charge in [0.05, 0.1) is 0 Å². The number of carbonyl (C=O) groups excluding carboxylic acids is 1. The molecule has 4 heteroatoms. The minimum absolute atomic E-state index is 0.0475. The van der Waals surface area contributed by atoms with E-state index in [1.165, 1.54) is 37.8 Å². The summed E-state index contributed by atoms with van der Waals surface area (Å²) in [6.07, 6.45) is 6.36. The molecule has 0 radical (unpaired) electrons. The maximum atomic E-state index is 13.1. The lowest BCUT2D eigenvalue weighted by atomic mass is 9.75. The third-order valence-electron chi connectivity index (χ3n) is 5.01. The average molecular weight is 290 g/mol. The number of fused-ring (bicyclic) bond motifs is 1. The number of likely N-dealkylation sites (tertiary alicyclic amines) is 1. The molecule has 1 aromatic carbocycles. The van der Waals surface area contributed by atoms with Crippen LogP contribution in [0.4, 0.5) is 14.9 Å². The zero-order valence-corrected chi connectivity index (χ0v) is 12.6. The number of benzene rings is 1. The van der Waals surface area contributed by atoms with Crippen molar-refractivity contribution in [3.05, 3.63) is 29.6 Å². The summed E-state index contributed by atoms with van der Waals surface area (Å²) in [6, 6.07) is 4.42. The smallest absolute Gasteiger partial charge is 0.321 e. The van der Waals surface area contributed by atoms with E-state index in [1.807, 2.05) is 11.8 Å². The van der Waals surface area contributed by atoms with E-state index in [2.05, 4.69) is 5.32 Å². The van der Waals surface area contributed by atoms with Crippen LogP contribution in [0.25, 0.3) is 0 Å². The first-order valence-electron chi connectivity index (χ1n) is 7.95. The number of urea groups is 1. The molecular weight excluding hydrogens is 267 g/mol. The van der Waals surface area contributed by atoms with Gasteiger partial charge < -0.3 is 10.2 Å². The van der Waals surface area contributed by atoms with Crippen molar-refractivity contribution >= 4 is 11.7 Å². The van der Waals surface area contributed by atoms with E-state index in [-0.39, 0.29) is 11.8 Å². The Kier molecular flexibility index (Phi) is 4.13. The molecule has 1 aliphatic heterocycles. The standard InChI is InChI=1S/C17H23FN2O/c1-12-10-15(18)6-7-16(12)19-17(21)20-9-8-13-4-2-3-5-14(13)11-20/h6-7,10,13-14H,2-5,8-9,11H2,1H3,(H,19,21)/t13-,14+/m0/s1. The van der Waals surface area contributed by atoms with Crippen LogP contribution in [0.5, 0.6) is 0 Å². The number of amides is 2. The number of nitrogens with one attached hydrogen (secondary N) is 1. The highest BCUT2D eigenvalue weighted by Crippen LogP contribution is 2.36. The van der Waals surface area contributed by atoms with Gasteiger partial charge in [-0.15, -0.1) is 0 Å². The fourth-order valence-corrected chi connectivity index (χ4v) is 3.75. The molecule has 3 nitrogen and oxygen atoms in total. The number of rotatable bonds is 1. The monoisotopic (exact) mass is 290 g/mol. The van der Waals surface area contributed by atoms with Crippen LogP contribution in [-0.2, 0) is 0 Å². The van der Waals surface area contributed by atoms with Crippen LogP contribution in [0.1, 0.15) is 37.7 Å². The molecule has 2 fully saturated rings. The summed E-state index contributed by atoms with van der Waals surface area (Å²) in [5.74, 6) is 1.22. The zero-order valence-electron chi connectivity index (χ0n) is 12.6. The summed E-state index contributed by atoms with van der Waals surface area (Å²) < 4.78 is 13.1. The third kappa shape index (κ3) is 3.20. The highest BCUT2D eigenvalue weighted by atomic mass is 19.1. The van der Waals surface area contributed by atoms with Crippen LogP contribution in [-0.4, -0.2) is 24.0 Å². The predicted molar refractivity (Wildman–Crippen MR) is 81.8 cm³/mol. The Morgan fingerprint density at radius 2 is 2.00 bits per heavy atom. The highest BCUT2D eigenvalue weighted by molar-refractivity contribution is 5.90. The van der Waals surface area contributed by atoms with E-state index in [0.29, 0.717) is 11.6 Å². The molecule has 1 aliphatic carbocycles. The van der Waals surface area contributed by atoms with Gasteiger partial charge in [-0.25, -0.2) is 9.18 Å². The maximum Gasteiger partial charge on any atom is 0.321 e. The van der Waals surface area contributed by atoms with Crippen LogP contribution in [0.15, 0.2) is 18.2 Å². The van der Waals surface area contributed by atoms with Crippen molar-refractivity contribution < 1.29 is 9.18 Å². The fourth-order valence-electron chi connectivity index (χ4n) is 3.75. The Hall–Kier alpha value is -1.58. The Labute approximate surface area is 125 Å². The molecule has 1 N–H and O–H groups in total. The van der Waals surface area contributed by atoms with Crippen LogP contribution < -0.4 is 5.32 Å². The number of aryl methyl sites for hydroxylation is 1. The number of nitrogens with zero attached hydrogens (tertiary/aromatic N) is 1. The molecule has 114 valence electrons. The largest absolute Gasteiger partial charge is 0.324 e. The maximum absolute atomic E-state index is 13.1. The molecule has 2 aliphatic rings. The van der Waals surface area contributed by atoms with Crippen LogP contribution in [0.2, 0.25) is 0 Å². The zero-order chi connectivity index (χ0) is 14.8. The SMILES string of the molecule is Cc1cc(F)ccc1NC(=O)N1CC[C@@H]2CCCC[C@@H]2C1. The van der Waals surface area contributed by atoms with Crippen molar-refractivity contribution in [3.63, 3.8) is 0 Å². The van der Waals surface area contributed by atoms with Gasteiger partial charge in [-0.05, 0) is 55.4 Å². The summed E-state index contributed by atoms with van der Waals surface area (Å²) >= 11 is 0. The number of halogens is 1. The Morgan fingerprint density at radius 3 is 2.76 bits per heavy atom. The summed E-state index contributed by atoms with van der Waals surface area (Å²) in [5, 5.41) is 2.92. The molecule has 3 rings (SSSR count). The Bertz CT molecular complexity index is 532. The van der Waals surface area contributed by atoms with Crippen molar-refractivity contribution in [3.8, 4) is 0 Å². The Morgan fingerprint density at radius 1 is 1.24 bits per heavy atom. The topological polar surface area (TPSA) is 32.3 Å². The molecular formula is C17H23FN2O. The molecule has 0 bridgehead atoms. The fraction of sp³-hybridized carbons (Fsp3) is 0.588. The molecule has 1 heterocycles. The quantitative estimate of drug-likeness (QED) is 0.827. The normalized spacial score (nSPS) is 25.3. The second-order valence-corrected chi connectivity index (χ2v) is 6.43. The molecule has 21 heavy (non-hydrogen) atoms. The second-order valence-electron chi connectivity index (χ2n) is 6.43. The number of carbonyl (C=O) groups is 1. The first-order valence-corrected chi connectivity index (χ1v) is 7.95. The predicted octanol–water partition coefficient (Wildman–Crippen LogP) is 4.18. The van der Waals surface area contributed by atoms with E-state index in [0.717, 1.165) is 31.0 Å². The van der Waals surface area contributed by atoms with Crippen molar-refractivity contribution in [2.45, 2.75) is 39.0 Å². The van der Waals surface area contributed by atoms with Gasteiger partial charge in [0.25, 0.3) is 0 Å². The minimum atomic E-state index is -0.270. The molecule has 2 atom stereocenters. The number of piperidine rings is 1. The molecule has 1 saturated heterocycles. The van der Waals surface area contributed by atoms with Crippen LogP contribution in [0.3, 0.4) is 0 Å². The Balaban J connectivity index is 1.63. The molecule has 0 unspecified atom stereocenters. The summed E-state index contributed by atoms with van der Waals surface area (Å²) in [7, 11) is 0. The van der Waals surface area contributed by atoms with E-state index in [1.54, 1.807) is 6.07 Å².